The van der Waals surface area contributed by atoms with Crippen molar-refractivity contribution >= 4 is 44.8 Å². The highest BCUT2D eigenvalue weighted by Crippen LogP contribution is 2.26. The van der Waals surface area contributed by atoms with Gasteiger partial charge in [0.15, 0.2) is 5.13 Å². The molecule has 0 saturated carbocycles. The number of fused-ring (bicyclic) bond motifs is 1. The minimum atomic E-state index is -0.311. The quantitative estimate of drug-likeness (QED) is 0.651. The first-order valence-electron chi connectivity index (χ1n) is 7.91. The number of rotatable bonds is 5. The number of hydrogen-bond donors (Lipinski definition) is 3. The Labute approximate surface area is 148 Å². The van der Waals surface area contributed by atoms with Crippen LogP contribution in [0.25, 0.3) is 10.2 Å². The van der Waals surface area contributed by atoms with Crippen molar-refractivity contribution in [3.63, 3.8) is 0 Å². The van der Waals surface area contributed by atoms with E-state index in [-0.39, 0.29) is 24.4 Å². The van der Waals surface area contributed by atoms with E-state index in [1.54, 1.807) is 25.2 Å². The van der Waals surface area contributed by atoms with Crippen LogP contribution in [0.5, 0.6) is 0 Å². The number of anilines is 1. The summed E-state index contributed by atoms with van der Waals surface area (Å²) in [5.41, 5.74) is 1.28. The van der Waals surface area contributed by atoms with E-state index in [4.69, 9.17) is 0 Å². The van der Waals surface area contributed by atoms with Crippen molar-refractivity contribution in [2.45, 2.75) is 6.04 Å². The molecule has 0 bridgehead atoms. The molecule has 3 rings (SSSR count). The summed E-state index contributed by atoms with van der Waals surface area (Å²) in [6.07, 6.45) is 0.770. The molecule has 1 aliphatic heterocycles. The molecule has 9 heteroatoms. The van der Waals surface area contributed by atoms with E-state index < -0.39 is 0 Å². The molecule has 1 atom stereocenters. The predicted molar refractivity (Wildman–Crippen MR) is 95.9 cm³/mol. The molecule has 0 aliphatic carbocycles. The average molecular weight is 361 g/mol. The van der Waals surface area contributed by atoms with Crippen LogP contribution in [0.1, 0.15) is 10.4 Å². The molecule has 1 saturated heterocycles. The Morgan fingerprint density at radius 2 is 2.28 bits per heavy atom. The molecular formula is C16H19N5O3S. The van der Waals surface area contributed by atoms with Crippen LogP contribution in [0.2, 0.25) is 0 Å². The van der Waals surface area contributed by atoms with Crippen LogP contribution in [0.3, 0.4) is 0 Å². The van der Waals surface area contributed by atoms with Gasteiger partial charge in [-0.15, -0.1) is 0 Å². The maximum atomic E-state index is 12.3. The van der Waals surface area contributed by atoms with Crippen LogP contribution in [-0.4, -0.2) is 67.3 Å². The summed E-state index contributed by atoms with van der Waals surface area (Å²) in [6.45, 7) is 2.07. The number of nitrogens with zero attached hydrogens (tertiary/aromatic N) is 2. The lowest BCUT2D eigenvalue weighted by Crippen LogP contribution is -2.56. The van der Waals surface area contributed by atoms with Gasteiger partial charge < -0.3 is 20.9 Å². The Bertz CT molecular complexity index is 800. The maximum absolute atomic E-state index is 12.3. The van der Waals surface area contributed by atoms with Gasteiger partial charge in [0.25, 0.3) is 0 Å². The zero-order valence-corrected chi connectivity index (χ0v) is 14.6. The molecule has 3 N–H and O–H groups in total. The van der Waals surface area contributed by atoms with Crippen LogP contribution in [0.15, 0.2) is 18.2 Å². The molecule has 1 aromatic heterocycles. The Kier molecular flexibility index (Phi) is 5.37. The Balaban J connectivity index is 1.59. The van der Waals surface area contributed by atoms with Crippen LogP contribution in [0, 0.1) is 0 Å². The molecule has 1 aliphatic rings. The minimum absolute atomic E-state index is 0.0491. The molecule has 1 fully saturated rings. The van der Waals surface area contributed by atoms with Crippen molar-refractivity contribution in [1.29, 1.82) is 0 Å². The summed E-state index contributed by atoms with van der Waals surface area (Å²) in [4.78, 5) is 41.0. The number of thiazole rings is 1. The summed E-state index contributed by atoms with van der Waals surface area (Å²) in [7, 11) is 1.60. The van der Waals surface area contributed by atoms with E-state index in [2.05, 4.69) is 20.9 Å². The number of piperazine rings is 1. The fraction of sp³-hybridized carbons (Fsp3) is 0.375. The van der Waals surface area contributed by atoms with Crippen LogP contribution in [0.4, 0.5) is 5.13 Å². The van der Waals surface area contributed by atoms with Gasteiger partial charge in [0.05, 0.1) is 22.8 Å². The van der Waals surface area contributed by atoms with Crippen LogP contribution < -0.4 is 16.0 Å². The first kappa shape index (κ1) is 17.5. The third-order valence-electron chi connectivity index (χ3n) is 3.89. The predicted octanol–water partition coefficient (Wildman–Crippen LogP) is 0.0671. The van der Waals surface area contributed by atoms with E-state index in [0.717, 1.165) is 24.1 Å². The fourth-order valence-corrected chi connectivity index (χ4v) is 3.54. The number of benzene rings is 1. The molecular weight excluding hydrogens is 342 g/mol. The van der Waals surface area contributed by atoms with Gasteiger partial charge >= 0.3 is 0 Å². The van der Waals surface area contributed by atoms with E-state index in [1.807, 2.05) is 0 Å². The van der Waals surface area contributed by atoms with Crippen molar-refractivity contribution in [3.05, 3.63) is 23.8 Å². The maximum Gasteiger partial charge on any atom is 0.245 e. The summed E-state index contributed by atoms with van der Waals surface area (Å²) in [5.74, 6) is -0.434. The molecule has 1 aromatic carbocycles. The Morgan fingerprint density at radius 1 is 1.44 bits per heavy atom. The molecule has 2 heterocycles. The number of carbonyl (C=O) groups is 3. The molecule has 0 unspecified atom stereocenters. The van der Waals surface area contributed by atoms with Crippen molar-refractivity contribution < 1.29 is 14.4 Å². The summed E-state index contributed by atoms with van der Waals surface area (Å²) in [5, 5.41) is 9.42. The van der Waals surface area contributed by atoms with Gasteiger partial charge in [0, 0.05) is 32.2 Å². The monoisotopic (exact) mass is 361 g/mol. The zero-order chi connectivity index (χ0) is 17.8. The lowest BCUT2D eigenvalue weighted by molar-refractivity contribution is -0.135. The molecule has 0 radical (unpaired) electrons. The second-order valence-corrected chi connectivity index (χ2v) is 6.85. The van der Waals surface area contributed by atoms with Crippen molar-refractivity contribution in [3.8, 4) is 0 Å². The van der Waals surface area contributed by atoms with Gasteiger partial charge in [-0.2, -0.15) is 0 Å². The molecule has 2 aromatic rings. The average Bonchev–Trinajstić information content (AvgIpc) is 3.02. The second-order valence-electron chi connectivity index (χ2n) is 5.82. The van der Waals surface area contributed by atoms with Gasteiger partial charge in [-0.05, 0) is 18.2 Å². The van der Waals surface area contributed by atoms with Gasteiger partial charge in [-0.1, -0.05) is 11.3 Å². The van der Waals surface area contributed by atoms with E-state index in [1.165, 1.54) is 16.2 Å². The summed E-state index contributed by atoms with van der Waals surface area (Å²) < 4.78 is 0.821. The van der Waals surface area contributed by atoms with Crippen molar-refractivity contribution in [2.75, 3.05) is 38.5 Å². The molecule has 25 heavy (non-hydrogen) atoms. The van der Waals surface area contributed by atoms with Crippen molar-refractivity contribution in [2.24, 2.45) is 0 Å². The minimum Gasteiger partial charge on any atom is -0.335 e. The van der Waals surface area contributed by atoms with Crippen LogP contribution in [-0.2, 0) is 9.59 Å². The highest BCUT2D eigenvalue weighted by atomic mass is 32.1. The van der Waals surface area contributed by atoms with Crippen LogP contribution >= 0.6 is 11.3 Å². The number of aldehydes is 1. The zero-order valence-electron chi connectivity index (χ0n) is 13.7. The number of amides is 2. The third-order valence-corrected chi connectivity index (χ3v) is 4.82. The largest absolute Gasteiger partial charge is 0.335 e. The van der Waals surface area contributed by atoms with Gasteiger partial charge in [0.1, 0.15) is 6.29 Å². The molecule has 2 amide bonds. The number of hydrogen-bond acceptors (Lipinski definition) is 7. The second kappa shape index (κ2) is 7.68. The lowest BCUT2D eigenvalue weighted by Gasteiger charge is -2.27. The smallest absolute Gasteiger partial charge is 0.245 e. The van der Waals surface area contributed by atoms with Gasteiger partial charge in [-0.3, -0.25) is 14.4 Å². The van der Waals surface area contributed by atoms with E-state index >= 15 is 0 Å². The van der Waals surface area contributed by atoms with E-state index in [0.29, 0.717) is 22.8 Å². The molecule has 8 nitrogen and oxygen atoms in total. The highest BCUT2D eigenvalue weighted by Gasteiger charge is 2.24. The standard InChI is InChI=1S/C16H19N5O3S/c1-21(15(24)12-7-17-4-5-18-12)8-14(23)20-16-19-11-3-2-10(9-22)6-13(11)25-16/h2-3,6,9,12,17-18H,4-5,7-8H2,1H3,(H,19,20,23)/t12-/m0/s1. The normalized spacial score (nSPS) is 17.2. The lowest BCUT2D eigenvalue weighted by atomic mass is 10.2. The van der Waals surface area contributed by atoms with E-state index in [9.17, 15) is 14.4 Å². The highest BCUT2D eigenvalue weighted by molar-refractivity contribution is 7.22. The Hall–Kier alpha value is -2.36. The number of nitrogens with one attached hydrogen (secondary N) is 3. The summed E-state index contributed by atoms with van der Waals surface area (Å²) >= 11 is 1.29. The fourth-order valence-electron chi connectivity index (χ4n) is 2.61. The first-order chi connectivity index (χ1) is 12.1. The molecule has 132 valence electrons. The first-order valence-corrected chi connectivity index (χ1v) is 8.73. The topological polar surface area (TPSA) is 103 Å². The number of likely N-dealkylation sites (N-methyl/N-ethyl adjacent to an activating group) is 1. The summed E-state index contributed by atoms with van der Waals surface area (Å²) in [6, 6.07) is 4.84. The number of aromatic nitrogens is 1. The molecule has 0 spiro atoms. The Morgan fingerprint density at radius 3 is 3.00 bits per heavy atom. The SMILES string of the molecule is CN(CC(=O)Nc1nc2ccc(C=O)cc2s1)C(=O)[C@@H]1CNCCN1. The van der Waals surface area contributed by atoms with Gasteiger partial charge in [-0.25, -0.2) is 4.98 Å². The van der Waals surface area contributed by atoms with Gasteiger partial charge in [0.2, 0.25) is 11.8 Å². The van der Waals surface area contributed by atoms with Crippen molar-refractivity contribution in [1.82, 2.24) is 20.5 Å². The number of carbonyl (C=O) groups excluding carboxylic acids is 3. The third kappa shape index (κ3) is 4.19.